The Morgan fingerprint density at radius 1 is 0.605 bits per heavy atom. The number of fused-ring (bicyclic) bond motifs is 1. The number of hydrogen-bond donors (Lipinski definition) is 1. The monoisotopic (exact) mass is 609 g/mol. The van der Waals surface area contributed by atoms with Crippen molar-refractivity contribution in [2.24, 2.45) is 0 Å². The van der Waals surface area contributed by atoms with E-state index >= 15 is 17.6 Å². The van der Waals surface area contributed by atoms with Crippen molar-refractivity contribution in [1.29, 1.82) is 0 Å². The molecule has 1 aliphatic heterocycles. The SMILES string of the molecule is Cc1cc(C)c(N2C(=C(NS(C)(=O)=O)c3ccccc3)N(c3c(C)cc(C)cc3C)c3c(F)c(F)c(F)c(F)c32)c(C)c1. The Hall–Kier alpha value is -4.31. The normalized spacial score (nSPS) is 13.0. The zero-order valence-corrected chi connectivity index (χ0v) is 25.6. The first-order valence-electron chi connectivity index (χ1n) is 13.5. The van der Waals surface area contributed by atoms with E-state index in [0.717, 1.165) is 17.4 Å². The van der Waals surface area contributed by atoms with Crippen molar-refractivity contribution in [2.45, 2.75) is 41.5 Å². The average Bonchev–Trinajstić information content (AvgIpc) is 3.23. The molecule has 4 aromatic rings. The summed E-state index contributed by atoms with van der Waals surface area (Å²) in [5.41, 5.74) is 4.14. The lowest BCUT2D eigenvalue weighted by Gasteiger charge is -2.32. The van der Waals surface area contributed by atoms with Crippen molar-refractivity contribution >= 4 is 38.5 Å². The van der Waals surface area contributed by atoms with E-state index in [1.54, 1.807) is 58.0 Å². The van der Waals surface area contributed by atoms with Crippen molar-refractivity contribution < 1.29 is 26.0 Å². The van der Waals surface area contributed by atoms with Gasteiger partial charge in [0.05, 0.1) is 23.3 Å². The Bertz CT molecular complexity index is 1800. The van der Waals surface area contributed by atoms with Gasteiger partial charge in [-0.05, 0) is 63.8 Å². The highest BCUT2D eigenvalue weighted by Crippen LogP contribution is 2.56. The highest BCUT2D eigenvalue weighted by Gasteiger charge is 2.45. The molecule has 0 aliphatic carbocycles. The van der Waals surface area contributed by atoms with Crippen LogP contribution in [0.5, 0.6) is 0 Å². The van der Waals surface area contributed by atoms with Gasteiger partial charge in [-0.1, -0.05) is 65.7 Å². The Labute approximate surface area is 249 Å². The maximum absolute atomic E-state index is 16.1. The molecule has 0 atom stereocenters. The highest BCUT2D eigenvalue weighted by atomic mass is 32.2. The molecule has 43 heavy (non-hydrogen) atoms. The summed E-state index contributed by atoms with van der Waals surface area (Å²) in [4.78, 5) is 2.58. The van der Waals surface area contributed by atoms with Gasteiger partial charge in [-0.25, -0.2) is 26.0 Å². The molecule has 0 fully saturated rings. The van der Waals surface area contributed by atoms with Gasteiger partial charge in [-0.15, -0.1) is 0 Å². The first-order valence-corrected chi connectivity index (χ1v) is 15.4. The predicted molar refractivity (Wildman–Crippen MR) is 163 cm³/mol. The summed E-state index contributed by atoms with van der Waals surface area (Å²) in [6.07, 6.45) is 0.957. The van der Waals surface area contributed by atoms with Crippen LogP contribution in [0.3, 0.4) is 0 Å². The predicted octanol–water partition coefficient (Wildman–Crippen LogP) is 8.26. The number of rotatable bonds is 5. The van der Waals surface area contributed by atoms with E-state index in [1.165, 1.54) is 9.80 Å². The number of sulfonamides is 1. The number of anilines is 4. The summed E-state index contributed by atoms with van der Waals surface area (Å²) < 4.78 is 90.8. The summed E-state index contributed by atoms with van der Waals surface area (Å²) in [6.45, 7) is 10.8. The molecule has 0 saturated carbocycles. The van der Waals surface area contributed by atoms with E-state index in [2.05, 4.69) is 4.72 Å². The first kappa shape index (κ1) is 30.2. The Morgan fingerprint density at radius 3 is 1.33 bits per heavy atom. The molecule has 5 rings (SSSR count). The molecule has 0 aromatic heterocycles. The second-order valence-corrected chi connectivity index (χ2v) is 12.8. The molecule has 0 unspecified atom stereocenters. The van der Waals surface area contributed by atoms with E-state index in [1.807, 2.05) is 38.1 Å². The minimum absolute atomic E-state index is 0.0421. The average molecular weight is 610 g/mol. The summed E-state index contributed by atoms with van der Waals surface area (Å²) in [5, 5.41) is 0. The van der Waals surface area contributed by atoms with E-state index in [0.29, 0.717) is 39.2 Å². The van der Waals surface area contributed by atoms with Crippen molar-refractivity contribution in [2.75, 3.05) is 16.1 Å². The van der Waals surface area contributed by atoms with Gasteiger partial charge in [-0.3, -0.25) is 14.5 Å². The molecule has 0 bridgehead atoms. The van der Waals surface area contributed by atoms with Crippen LogP contribution >= 0.6 is 0 Å². The standard InChI is InChI=1S/C33H31F4N3O2S/c1-17-13-19(3)29(20(4)14-17)39-31-26(36)24(34)25(35)27(37)32(31)40(30-21(5)15-18(2)16-22(30)6)33(39)28(38-43(7,41)42)23-11-9-8-10-12-23/h8-16,38H,1-7H3. The lowest BCUT2D eigenvalue weighted by atomic mass is 10.0. The Kier molecular flexibility index (Phi) is 7.54. The van der Waals surface area contributed by atoms with E-state index in [-0.39, 0.29) is 11.5 Å². The van der Waals surface area contributed by atoms with Crippen molar-refractivity contribution in [3.8, 4) is 0 Å². The van der Waals surface area contributed by atoms with Crippen LogP contribution < -0.4 is 14.5 Å². The zero-order valence-electron chi connectivity index (χ0n) is 24.8. The molecule has 0 amide bonds. The van der Waals surface area contributed by atoms with Crippen LogP contribution in [0.2, 0.25) is 0 Å². The van der Waals surface area contributed by atoms with E-state index in [4.69, 9.17) is 0 Å². The van der Waals surface area contributed by atoms with Crippen molar-refractivity contribution in [3.05, 3.63) is 123 Å². The van der Waals surface area contributed by atoms with Crippen molar-refractivity contribution in [3.63, 3.8) is 0 Å². The third-order valence-electron chi connectivity index (χ3n) is 7.38. The second-order valence-electron chi connectivity index (χ2n) is 11.1. The van der Waals surface area contributed by atoms with Gasteiger partial charge < -0.3 is 0 Å². The minimum atomic E-state index is -3.99. The fourth-order valence-electron chi connectivity index (χ4n) is 6.06. The molecule has 1 aliphatic rings. The minimum Gasteiger partial charge on any atom is -0.289 e. The molecular formula is C33H31F4N3O2S. The van der Waals surface area contributed by atoms with Gasteiger partial charge in [0.25, 0.3) is 0 Å². The number of nitrogens with zero attached hydrogens (tertiary/aromatic N) is 2. The van der Waals surface area contributed by atoms with Crippen LogP contribution in [0.4, 0.5) is 40.3 Å². The van der Waals surface area contributed by atoms with E-state index < -0.39 is 44.7 Å². The molecule has 1 N–H and O–H groups in total. The summed E-state index contributed by atoms with van der Waals surface area (Å²) in [7, 11) is -3.99. The van der Waals surface area contributed by atoms with Gasteiger partial charge in [0, 0.05) is 5.56 Å². The topological polar surface area (TPSA) is 52.7 Å². The molecule has 0 saturated heterocycles. The molecule has 1 heterocycles. The van der Waals surface area contributed by atoms with Crippen LogP contribution in [-0.2, 0) is 10.0 Å². The smallest absolute Gasteiger partial charge is 0.229 e. The summed E-state index contributed by atoms with van der Waals surface area (Å²) >= 11 is 0. The van der Waals surface area contributed by atoms with Gasteiger partial charge >= 0.3 is 0 Å². The third kappa shape index (κ3) is 5.14. The largest absolute Gasteiger partial charge is 0.289 e. The van der Waals surface area contributed by atoms with Crippen LogP contribution in [0, 0.1) is 64.8 Å². The Balaban J connectivity index is 2.10. The Morgan fingerprint density at radius 2 is 0.977 bits per heavy atom. The van der Waals surface area contributed by atoms with Crippen LogP contribution in [0.1, 0.15) is 38.9 Å². The molecule has 5 nitrogen and oxygen atoms in total. The number of halogens is 4. The van der Waals surface area contributed by atoms with Gasteiger partial charge in [0.2, 0.25) is 10.0 Å². The van der Waals surface area contributed by atoms with Gasteiger partial charge in [0.1, 0.15) is 17.2 Å². The number of benzene rings is 4. The number of aryl methyl sites for hydroxylation is 6. The molecule has 0 radical (unpaired) electrons. The maximum Gasteiger partial charge on any atom is 0.229 e. The molecule has 224 valence electrons. The van der Waals surface area contributed by atoms with Crippen LogP contribution in [-0.4, -0.2) is 14.7 Å². The third-order valence-corrected chi connectivity index (χ3v) is 7.96. The quantitative estimate of drug-likeness (QED) is 0.141. The van der Waals surface area contributed by atoms with Crippen LogP contribution in [0.25, 0.3) is 5.70 Å². The lowest BCUT2D eigenvalue weighted by Crippen LogP contribution is -2.32. The van der Waals surface area contributed by atoms with Gasteiger partial charge in [0.15, 0.2) is 23.3 Å². The fourth-order valence-corrected chi connectivity index (χ4v) is 6.64. The van der Waals surface area contributed by atoms with E-state index in [9.17, 15) is 8.42 Å². The van der Waals surface area contributed by atoms with Gasteiger partial charge in [-0.2, -0.15) is 0 Å². The lowest BCUT2D eigenvalue weighted by molar-refractivity contribution is 0.412. The zero-order chi connectivity index (χ0) is 31.5. The number of hydrogen-bond acceptors (Lipinski definition) is 4. The maximum atomic E-state index is 16.1. The summed E-state index contributed by atoms with van der Waals surface area (Å²) in [5.74, 6) is -7.21. The number of nitrogens with one attached hydrogen (secondary N) is 1. The second kappa shape index (κ2) is 10.8. The van der Waals surface area contributed by atoms with Crippen LogP contribution in [0.15, 0.2) is 60.4 Å². The summed E-state index contributed by atoms with van der Waals surface area (Å²) in [6, 6.07) is 15.7. The molecule has 4 aromatic carbocycles. The fraction of sp³-hybridized carbons (Fsp3) is 0.212. The molecule has 0 spiro atoms. The molecule has 10 heteroatoms. The first-order chi connectivity index (χ1) is 20.1. The molecular weight excluding hydrogens is 578 g/mol. The highest BCUT2D eigenvalue weighted by molar-refractivity contribution is 7.89. The van der Waals surface area contributed by atoms with Crippen molar-refractivity contribution in [1.82, 2.24) is 4.72 Å².